The van der Waals surface area contributed by atoms with Gasteiger partial charge in [0.2, 0.25) is 5.28 Å². The average Bonchev–Trinajstić information content (AvgIpc) is 2.81. The van der Waals surface area contributed by atoms with E-state index in [2.05, 4.69) is 20.2 Å². The molecule has 0 unspecified atom stereocenters. The first kappa shape index (κ1) is 13.0. The highest BCUT2D eigenvalue weighted by Crippen LogP contribution is 2.23. The molecule has 2 heterocycles. The first-order valence-electron chi connectivity index (χ1n) is 5.47. The molecular weight excluding hydrogens is 258 g/mol. The Kier molecular flexibility index (Phi) is 4.29. The molecule has 2 aromatic heterocycles. The highest BCUT2D eigenvalue weighted by atomic mass is 35.5. The number of aromatic amines is 1. The number of aromatic nitrogens is 4. The second kappa shape index (κ2) is 5.94. The molecule has 2 N–H and O–H groups in total. The molecular formula is C10H14ClN5O2. The van der Waals surface area contributed by atoms with E-state index in [0.29, 0.717) is 31.2 Å². The summed E-state index contributed by atoms with van der Waals surface area (Å²) in [7, 11) is 1.62. The van der Waals surface area contributed by atoms with Gasteiger partial charge in [-0.2, -0.15) is 15.1 Å². The maximum absolute atomic E-state index is 9.11. The zero-order valence-electron chi connectivity index (χ0n) is 9.93. The van der Waals surface area contributed by atoms with Gasteiger partial charge >= 0.3 is 0 Å². The Morgan fingerprint density at radius 1 is 1.44 bits per heavy atom. The minimum Gasteiger partial charge on any atom is -0.395 e. The van der Waals surface area contributed by atoms with Crippen LogP contribution in [-0.4, -0.2) is 58.7 Å². The molecule has 0 aliphatic carbocycles. The number of anilines is 1. The summed E-state index contributed by atoms with van der Waals surface area (Å²) in [6.45, 7) is 1.59. The second-order valence-electron chi connectivity index (χ2n) is 3.65. The molecule has 0 fully saturated rings. The fraction of sp³-hybridized carbons (Fsp3) is 0.500. The van der Waals surface area contributed by atoms with E-state index < -0.39 is 0 Å². The largest absolute Gasteiger partial charge is 0.395 e. The monoisotopic (exact) mass is 271 g/mol. The molecule has 0 amide bonds. The van der Waals surface area contributed by atoms with E-state index in [9.17, 15) is 0 Å². The van der Waals surface area contributed by atoms with Gasteiger partial charge in [-0.25, -0.2) is 0 Å². The molecule has 0 spiro atoms. The summed E-state index contributed by atoms with van der Waals surface area (Å²) in [5.41, 5.74) is 0.574. The first-order chi connectivity index (χ1) is 8.76. The van der Waals surface area contributed by atoms with Crippen molar-refractivity contribution in [3.8, 4) is 0 Å². The Morgan fingerprint density at radius 2 is 2.28 bits per heavy atom. The number of hydrogen-bond donors (Lipinski definition) is 2. The van der Waals surface area contributed by atoms with Crippen LogP contribution in [-0.2, 0) is 4.74 Å². The van der Waals surface area contributed by atoms with Crippen molar-refractivity contribution in [2.45, 2.75) is 0 Å². The van der Waals surface area contributed by atoms with Crippen LogP contribution in [0.25, 0.3) is 11.0 Å². The third-order valence-electron chi connectivity index (χ3n) is 2.50. The SMILES string of the molecule is COCCN(CCO)c1nc(Cl)nc2[nH]ncc12. The molecule has 0 atom stereocenters. The molecule has 0 aromatic carbocycles. The van der Waals surface area contributed by atoms with Crippen molar-refractivity contribution in [2.75, 3.05) is 38.3 Å². The number of fused-ring (bicyclic) bond motifs is 1. The second-order valence-corrected chi connectivity index (χ2v) is 3.99. The summed E-state index contributed by atoms with van der Waals surface area (Å²) >= 11 is 5.87. The van der Waals surface area contributed by atoms with Crippen molar-refractivity contribution < 1.29 is 9.84 Å². The number of H-pyrrole nitrogens is 1. The van der Waals surface area contributed by atoms with E-state index in [1.807, 2.05) is 4.90 Å². The van der Waals surface area contributed by atoms with E-state index in [4.69, 9.17) is 21.4 Å². The molecule has 2 rings (SSSR count). The quantitative estimate of drug-likeness (QED) is 0.742. The highest BCUT2D eigenvalue weighted by molar-refractivity contribution is 6.28. The lowest BCUT2D eigenvalue weighted by molar-refractivity contribution is 0.202. The number of rotatable bonds is 6. The Morgan fingerprint density at radius 3 is 3.00 bits per heavy atom. The van der Waals surface area contributed by atoms with Crippen LogP contribution in [0.5, 0.6) is 0 Å². The number of halogens is 1. The van der Waals surface area contributed by atoms with Gasteiger partial charge in [-0.05, 0) is 11.6 Å². The number of aliphatic hydroxyl groups is 1. The topological polar surface area (TPSA) is 87.2 Å². The number of nitrogens with one attached hydrogen (secondary N) is 1. The van der Waals surface area contributed by atoms with Crippen LogP contribution < -0.4 is 4.90 Å². The summed E-state index contributed by atoms with van der Waals surface area (Å²) in [6.07, 6.45) is 1.64. The van der Waals surface area contributed by atoms with Crippen LogP contribution in [0.4, 0.5) is 5.82 Å². The Labute approximate surface area is 109 Å². The molecule has 98 valence electrons. The van der Waals surface area contributed by atoms with Crippen molar-refractivity contribution in [3.63, 3.8) is 0 Å². The van der Waals surface area contributed by atoms with Crippen LogP contribution in [0.3, 0.4) is 0 Å². The molecule has 0 saturated heterocycles. The lowest BCUT2D eigenvalue weighted by atomic mass is 10.3. The van der Waals surface area contributed by atoms with E-state index in [0.717, 1.165) is 5.39 Å². The Bertz CT molecular complexity index is 518. The minimum absolute atomic E-state index is 0.0185. The molecule has 0 aliphatic heterocycles. The summed E-state index contributed by atoms with van der Waals surface area (Å²) in [5, 5.41) is 16.7. The molecule has 2 aromatic rings. The van der Waals surface area contributed by atoms with Crippen LogP contribution in [0.15, 0.2) is 6.20 Å². The predicted molar refractivity (Wildman–Crippen MR) is 67.9 cm³/mol. The van der Waals surface area contributed by atoms with E-state index >= 15 is 0 Å². The standard InChI is InChI=1S/C10H14ClN5O2/c1-18-5-3-16(2-4-17)9-7-6-12-15-8(7)13-10(11)14-9/h6,17H,2-5H2,1H3,(H,12,13,14,15). The van der Waals surface area contributed by atoms with E-state index in [1.54, 1.807) is 13.3 Å². The summed E-state index contributed by atoms with van der Waals surface area (Å²) < 4.78 is 5.04. The molecule has 0 saturated carbocycles. The van der Waals surface area contributed by atoms with Gasteiger partial charge in [-0.1, -0.05) is 0 Å². The predicted octanol–water partition coefficient (Wildman–Crippen LogP) is 0.451. The van der Waals surface area contributed by atoms with Crippen molar-refractivity contribution in [1.29, 1.82) is 0 Å². The van der Waals surface area contributed by atoms with Crippen molar-refractivity contribution in [2.24, 2.45) is 0 Å². The fourth-order valence-corrected chi connectivity index (χ4v) is 1.84. The molecule has 0 aliphatic rings. The maximum Gasteiger partial charge on any atom is 0.226 e. The van der Waals surface area contributed by atoms with Crippen LogP contribution in [0, 0.1) is 0 Å². The van der Waals surface area contributed by atoms with Gasteiger partial charge in [0, 0.05) is 20.2 Å². The molecule has 7 nitrogen and oxygen atoms in total. The van der Waals surface area contributed by atoms with Crippen molar-refractivity contribution in [1.82, 2.24) is 20.2 Å². The molecule has 0 bridgehead atoms. The van der Waals surface area contributed by atoms with Gasteiger partial charge in [0.1, 0.15) is 5.82 Å². The third-order valence-corrected chi connectivity index (χ3v) is 2.67. The van der Waals surface area contributed by atoms with Gasteiger partial charge < -0.3 is 14.7 Å². The molecule has 18 heavy (non-hydrogen) atoms. The first-order valence-corrected chi connectivity index (χ1v) is 5.85. The van der Waals surface area contributed by atoms with Gasteiger partial charge in [-0.3, -0.25) is 5.10 Å². The zero-order valence-corrected chi connectivity index (χ0v) is 10.7. The van der Waals surface area contributed by atoms with Gasteiger partial charge in [0.05, 0.1) is 24.8 Å². The number of methoxy groups -OCH3 is 1. The van der Waals surface area contributed by atoms with Crippen LogP contribution in [0.1, 0.15) is 0 Å². The molecule has 0 radical (unpaired) electrons. The van der Waals surface area contributed by atoms with Gasteiger partial charge in [0.25, 0.3) is 0 Å². The Balaban J connectivity index is 2.38. The minimum atomic E-state index is 0.0185. The fourth-order valence-electron chi connectivity index (χ4n) is 1.68. The van der Waals surface area contributed by atoms with E-state index in [-0.39, 0.29) is 11.9 Å². The summed E-state index contributed by atoms with van der Waals surface area (Å²) in [6, 6.07) is 0. The van der Waals surface area contributed by atoms with Crippen LogP contribution >= 0.6 is 11.6 Å². The summed E-state index contributed by atoms with van der Waals surface area (Å²) in [5.74, 6) is 0.643. The number of nitrogens with zero attached hydrogens (tertiary/aromatic N) is 4. The Hall–Kier alpha value is -1.44. The van der Waals surface area contributed by atoms with Crippen molar-refractivity contribution in [3.05, 3.63) is 11.5 Å². The lowest BCUT2D eigenvalue weighted by Gasteiger charge is -2.22. The van der Waals surface area contributed by atoms with Gasteiger partial charge in [-0.15, -0.1) is 0 Å². The van der Waals surface area contributed by atoms with E-state index in [1.165, 1.54) is 0 Å². The van der Waals surface area contributed by atoms with Crippen molar-refractivity contribution >= 4 is 28.5 Å². The number of aliphatic hydroxyl groups excluding tert-OH is 1. The number of hydrogen-bond acceptors (Lipinski definition) is 6. The molecule has 8 heteroatoms. The smallest absolute Gasteiger partial charge is 0.226 e. The van der Waals surface area contributed by atoms with Gasteiger partial charge in [0.15, 0.2) is 5.65 Å². The zero-order chi connectivity index (χ0) is 13.0. The van der Waals surface area contributed by atoms with Crippen LogP contribution in [0.2, 0.25) is 5.28 Å². The summed E-state index contributed by atoms with van der Waals surface area (Å²) in [4.78, 5) is 10.1. The lowest BCUT2D eigenvalue weighted by Crippen LogP contribution is -2.31. The third kappa shape index (κ3) is 2.69. The normalized spacial score (nSPS) is 11.1. The average molecular weight is 272 g/mol. The number of ether oxygens (including phenoxy) is 1. The highest BCUT2D eigenvalue weighted by Gasteiger charge is 2.14. The maximum atomic E-state index is 9.11.